The molecular weight excluding hydrogens is 166 g/mol. The molecule has 0 aliphatic carbocycles. The fraction of sp³-hybridized carbons (Fsp3) is 0.800. The number of nitrogens with zero attached hydrogens (tertiary/aromatic N) is 1. The zero-order valence-electron chi connectivity index (χ0n) is 8.97. The van der Waals surface area contributed by atoms with Crippen molar-refractivity contribution in [1.82, 2.24) is 0 Å². The highest BCUT2D eigenvalue weighted by molar-refractivity contribution is 5.79. The highest BCUT2D eigenvalue weighted by atomic mass is 16.5. The van der Waals surface area contributed by atoms with Gasteiger partial charge in [0.1, 0.15) is 0 Å². The van der Waals surface area contributed by atoms with Crippen molar-refractivity contribution in [2.75, 3.05) is 7.11 Å². The third kappa shape index (κ3) is 3.45. The highest BCUT2D eigenvalue weighted by Crippen LogP contribution is 2.33. The smallest absolute Gasteiger partial charge is 0.325 e. The van der Waals surface area contributed by atoms with Crippen molar-refractivity contribution in [2.45, 2.75) is 34.1 Å². The second kappa shape index (κ2) is 3.78. The monoisotopic (exact) mass is 183 g/mol. The third-order valence-corrected chi connectivity index (χ3v) is 1.77. The molecule has 74 valence electrons. The van der Waals surface area contributed by atoms with Gasteiger partial charge in [0.15, 0.2) is 5.41 Å². The molecule has 0 aromatic heterocycles. The standard InChI is InChI=1S/C10H17NO2/c1-9(2,3)6-10(4,7-11)8(12)13-5/h6H2,1-5H3. The van der Waals surface area contributed by atoms with Crippen molar-refractivity contribution in [3.63, 3.8) is 0 Å². The van der Waals surface area contributed by atoms with Crippen LogP contribution in [-0.2, 0) is 9.53 Å². The molecule has 0 aliphatic rings. The first-order chi connectivity index (χ1) is 5.75. The molecule has 0 aromatic carbocycles. The van der Waals surface area contributed by atoms with E-state index in [1.807, 2.05) is 26.8 Å². The molecule has 3 nitrogen and oxygen atoms in total. The lowest BCUT2D eigenvalue weighted by Crippen LogP contribution is -2.31. The Kier molecular flexibility index (Phi) is 3.48. The average Bonchev–Trinajstić information content (AvgIpc) is 1.99. The van der Waals surface area contributed by atoms with Crippen LogP contribution in [0.3, 0.4) is 0 Å². The zero-order chi connectivity index (χ0) is 10.7. The lowest BCUT2D eigenvalue weighted by molar-refractivity contribution is -0.149. The van der Waals surface area contributed by atoms with E-state index in [1.165, 1.54) is 7.11 Å². The van der Waals surface area contributed by atoms with Gasteiger partial charge in [-0.05, 0) is 18.8 Å². The van der Waals surface area contributed by atoms with Gasteiger partial charge in [0, 0.05) is 0 Å². The molecule has 0 heterocycles. The number of hydrogen-bond acceptors (Lipinski definition) is 3. The topological polar surface area (TPSA) is 50.1 Å². The van der Waals surface area contributed by atoms with Crippen molar-refractivity contribution >= 4 is 5.97 Å². The van der Waals surface area contributed by atoms with E-state index in [0.717, 1.165) is 0 Å². The number of carbonyl (C=O) groups is 1. The molecule has 0 rings (SSSR count). The van der Waals surface area contributed by atoms with Crippen LogP contribution in [0, 0.1) is 22.2 Å². The normalized spacial score (nSPS) is 15.7. The van der Waals surface area contributed by atoms with Gasteiger partial charge >= 0.3 is 5.97 Å². The van der Waals surface area contributed by atoms with E-state index in [1.54, 1.807) is 6.92 Å². The number of nitriles is 1. The van der Waals surface area contributed by atoms with Gasteiger partial charge in [-0.25, -0.2) is 0 Å². The van der Waals surface area contributed by atoms with Crippen molar-refractivity contribution in [2.24, 2.45) is 10.8 Å². The lowest BCUT2D eigenvalue weighted by atomic mass is 9.76. The van der Waals surface area contributed by atoms with Gasteiger partial charge < -0.3 is 4.74 Å². The Balaban J connectivity index is 4.69. The summed E-state index contributed by atoms with van der Waals surface area (Å²) in [4.78, 5) is 11.3. The Morgan fingerprint density at radius 1 is 1.38 bits per heavy atom. The Hall–Kier alpha value is -1.04. The maximum absolute atomic E-state index is 11.3. The van der Waals surface area contributed by atoms with E-state index in [-0.39, 0.29) is 5.41 Å². The summed E-state index contributed by atoms with van der Waals surface area (Å²) in [5.41, 5.74) is -1.08. The summed E-state index contributed by atoms with van der Waals surface area (Å²) in [5, 5.41) is 8.90. The summed E-state index contributed by atoms with van der Waals surface area (Å²) in [6, 6.07) is 2.01. The van der Waals surface area contributed by atoms with Crippen LogP contribution in [0.25, 0.3) is 0 Å². The minimum Gasteiger partial charge on any atom is -0.468 e. The molecule has 1 atom stereocenters. The molecule has 0 bridgehead atoms. The van der Waals surface area contributed by atoms with Crippen molar-refractivity contribution in [3.8, 4) is 6.07 Å². The Morgan fingerprint density at radius 2 is 1.85 bits per heavy atom. The molecule has 1 unspecified atom stereocenters. The van der Waals surface area contributed by atoms with Gasteiger partial charge in [0.2, 0.25) is 0 Å². The molecule has 0 amide bonds. The van der Waals surface area contributed by atoms with Gasteiger partial charge in [-0.2, -0.15) is 5.26 Å². The van der Waals surface area contributed by atoms with E-state index < -0.39 is 11.4 Å². The quantitative estimate of drug-likeness (QED) is 0.616. The van der Waals surface area contributed by atoms with Crippen LogP contribution in [0.15, 0.2) is 0 Å². The largest absolute Gasteiger partial charge is 0.468 e. The van der Waals surface area contributed by atoms with Crippen LogP contribution < -0.4 is 0 Å². The predicted octanol–water partition coefficient (Wildman–Crippen LogP) is 2.13. The first-order valence-electron chi connectivity index (χ1n) is 4.25. The number of carbonyl (C=O) groups excluding carboxylic acids is 1. The fourth-order valence-electron chi connectivity index (χ4n) is 1.44. The zero-order valence-corrected chi connectivity index (χ0v) is 8.97. The van der Waals surface area contributed by atoms with Crippen molar-refractivity contribution in [3.05, 3.63) is 0 Å². The second-order valence-corrected chi connectivity index (χ2v) is 4.67. The summed E-state index contributed by atoms with van der Waals surface area (Å²) < 4.78 is 4.59. The molecule has 0 saturated heterocycles. The fourth-order valence-corrected chi connectivity index (χ4v) is 1.44. The molecule has 3 heteroatoms. The third-order valence-electron chi connectivity index (χ3n) is 1.77. The molecular formula is C10H17NO2. The maximum atomic E-state index is 11.3. The first kappa shape index (κ1) is 12.0. The second-order valence-electron chi connectivity index (χ2n) is 4.67. The predicted molar refractivity (Wildman–Crippen MR) is 49.8 cm³/mol. The summed E-state index contributed by atoms with van der Waals surface area (Å²) in [6.07, 6.45) is 0.503. The summed E-state index contributed by atoms with van der Waals surface area (Å²) in [6.45, 7) is 7.59. The molecule has 0 aliphatic heterocycles. The van der Waals surface area contributed by atoms with Gasteiger partial charge in [-0.15, -0.1) is 0 Å². The first-order valence-corrected chi connectivity index (χ1v) is 4.25. The molecule has 0 N–H and O–H groups in total. The minimum absolute atomic E-state index is 0.0569. The Morgan fingerprint density at radius 3 is 2.08 bits per heavy atom. The van der Waals surface area contributed by atoms with Crippen LogP contribution in [-0.4, -0.2) is 13.1 Å². The number of rotatable bonds is 2. The number of ether oxygens (including phenoxy) is 1. The highest BCUT2D eigenvalue weighted by Gasteiger charge is 2.38. The van der Waals surface area contributed by atoms with E-state index >= 15 is 0 Å². The Labute approximate surface area is 79.7 Å². The average molecular weight is 183 g/mol. The van der Waals surface area contributed by atoms with Crippen LogP contribution in [0.5, 0.6) is 0 Å². The van der Waals surface area contributed by atoms with Crippen LogP contribution in [0.1, 0.15) is 34.1 Å². The van der Waals surface area contributed by atoms with Crippen LogP contribution in [0.2, 0.25) is 0 Å². The number of esters is 1. The molecule has 0 spiro atoms. The summed E-state index contributed by atoms with van der Waals surface area (Å²) in [5.74, 6) is -0.454. The minimum atomic E-state index is -1.02. The Bertz CT molecular complexity index is 234. The molecule has 0 fully saturated rings. The summed E-state index contributed by atoms with van der Waals surface area (Å²) >= 11 is 0. The number of methoxy groups -OCH3 is 1. The SMILES string of the molecule is COC(=O)C(C)(C#N)CC(C)(C)C. The van der Waals surface area contributed by atoms with E-state index in [2.05, 4.69) is 4.74 Å². The van der Waals surface area contributed by atoms with E-state index in [9.17, 15) is 4.79 Å². The van der Waals surface area contributed by atoms with Gasteiger partial charge in [-0.3, -0.25) is 4.79 Å². The van der Waals surface area contributed by atoms with Gasteiger partial charge in [-0.1, -0.05) is 20.8 Å². The van der Waals surface area contributed by atoms with E-state index in [0.29, 0.717) is 6.42 Å². The van der Waals surface area contributed by atoms with Gasteiger partial charge in [0.05, 0.1) is 13.2 Å². The lowest BCUT2D eigenvalue weighted by Gasteiger charge is -2.27. The maximum Gasteiger partial charge on any atom is 0.325 e. The van der Waals surface area contributed by atoms with Crippen LogP contribution >= 0.6 is 0 Å². The number of hydrogen-bond donors (Lipinski definition) is 0. The molecule has 0 saturated carbocycles. The summed E-state index contributed by atoms with van der Waals surface area (Å²) in [7, 11) is 1.31. The van der Waals surface area contributed by atoms with E-state index in [4.69, 9.17) is 5.26 Å². The van der Waals surface area contributed by atoms with Crippen molar-refractivity contribution in [1.29, 1.82) is 5.26 Å². The van der Waals surface area contributed by atoms with Crippen molar-refractivity contribution < 1.29 is 9.53 Å². The molecule has 0 aromatic rings. The molecule has 0 radical (unpaired) electrons. The van der Waals surface area contributed by atoms with Crippen LogP contribution in [0.4, 0.5) is 0 Å². The van der Waals surface area contributed by atoms with Gasteiger partial charge in [0.25, 0.3) is 0 Å². The molecule has 13 heavy (non-hydrogen) atoms.